The molecule has 5 heterocycles. The Morgan fingerprint density at radius 2 is 1.76 bits per heavy atom. The SMILES string of the molecule is CC(C)Nc1nc(N2CCCC2)nc(N2C[C@H]3C[C@@H](C2)c2cccc(=O)n2C3)n1. The summed E-state index contributed by atoms with van der Waals surface area (Å²) in [4.78, 5) is 31.2. The van der Waals surface area contributed by atoms with Crippen molar-refractivity contribution in [3.63, 3.8) is 0 Å². The van der Waals surface area contributed by atoms with E-state index in [4.69, 9.17) is 15.0 Å². The predicted octanol–water partition coefficient (Wildman–Crippen LogP) is 2.08. The van der Waals surface area contributed by atoms with Gasteiger partial charge in [0.25, 0.3) is 5.56 Å². The number of aromatic nitrogens is 4. The number of anilines is 3. The van der Waals surface area contributed by atoms with Crippen LogP contribution in [0.25, 0.3) is 0 Å². The Kier molecular flexibility index (Phi) is 4.64. The summed E-state index contributed by atoms with van der Waals surface area (Å²) in [6, 6.07) is 5.91. The zero-order valence-corrected chi connectivity index (χ0v) is 17.2. The van der Waals surface area contributed by atoms with E-state index in [-0.39, 0.29) is 11.6 Å². The Hall–Kier alpha value is -2.64. The van der Waals surface area contributed by atoms with Crippen molar-refractivity contribution in [3.05, 3.63) is 34.2 Å². The average molecular weight is 396 g/mol. The van der Waals surface area contributed by atoms with E-state index in [0.717, 1.165) is 56.7 Å². The first-order chi connectivity index (χ1) is 14.1. The van der Waals surface area contributed by atoms with Crippen molar-refractivity contribution in [3.8, 4) is 0 Å². The molecular formula is C21H29N7O. The van der Waals surface area contributed by atoms with Gasteiger partial charge in [-0.2, -0.15) is 15.0 Å². The fourth-order valence-electron chi connectivity index (χ4n) is 4.94. The van der Waals surface area contributed by atoms with Gasteiger partial charge in [0.15, 0.2) is 0 Å². The van der Waals surface area contributed by atoms with Crippen LogP contribution >= 0.6 is 0 Å². The molecule has 1 N–H and O–H groups in total. The van der Waals surface area contributed by atoms with Crippen molar-refractivity contribution in [2.24, 2.45) is 5.92 Å². The van der Waals surface area contributed by atoms with Gasteiger partial charge in [-0.05, 0) is 45.1 Å². The Morgan fingerprint density at radius 3 is 2.52 bits per heavy atom. The lowest BCUT2D eigenvalue weighted by Gasteiger charge is -2.42. The second-order valence-electron chi connectivity index (χ2n) is 8.86. The van der Waals surface area contributed by atoms with Crippen molar-refractivity contribution >= 4 is 17.8 Å². The molecule has 0 radical (unpaired) electrons. The van der Waals surface area contributed by atoms with E-state index in [1.54, 1.807) is 6.07 Å². The lowest BCUT2D eigenvalue weighted by molar-refractivity contribution is 0.279. The van der Waals surface area contributed by atoms with Crippen LogP contribution in [0.4, 0.5) is 17.8 Å². The van der Waals surface area contributed by atoms with Crippen LogP contribution in [0.5, 0.6) is 0 Å². The Bertz CT molecular complexity index is 950. The molecule has 0 aliphatic carbocycles. The first-order valence-corrected chi connectivity index (χ1v) is 10.8. The third-order valence-corrected chi connectivity index (χ3v) is 6.18. The number of hydrogen-bond acceptors (Lipinski definition) is 7. The molecule has 2 fully saturated rings. The molecule has 5 rings (SSSR count). The fourth-order valence-corrected chi connectivity index (χ4v) is 4.94. The minimum Gasteiger partial charge on any atom is -0.352 e. The summed E-state index contributed by atoms with van der Waals surface area (Å²) in [6.07, 6.45) is 3.50. The van der Waals surface area contributed by atoms with Crippen LogP contribution < -0.4 is 20.7 Å². The fraction of sp³-hybridized carbons (Fsp3) is 0.619. The van der Waals surface area contributed by atoms with Crippen LogP contribution in [-0.2, 0) is 6.54 Å². The van der Waals surface area contributed by atoms with Gasteiger partial charge < -0.3 is 19.7 Å². The standard InChI is InChI=1S/C21H29N7O/c1-14(2)22-19-23-20(26-8-3-4-9-26)25-21(24-19)27-11-15-10-16(13-27)17-6-5-7-18(29)28(17)12-15/h5-7,14-16H,3-4,8-13H2,1-2H3,(H,22,23,24,25)/t15-,16+/m1/s1. The van der Waals surface area contributed by atoms with Gasteiger partial charge in [-0.1, -0.05) is 6.07 Å². The molecule has 29 heavy (non-hydrogen) atoms. The highest BCUT2D eigenvalue weighted by atomic mass is 16.1. The first-order valence-electron chi connectivity index (χ1n) is 10.8. The van der Waals surface area contributed by atoms with Crippen LogP contribution in [0.2, 0.25) is 0 Å². The normalized spacial score (nSPS) is 23.4. The molecule has 0 unspecified atom stereocenters. The smallest absolute Gasteiger partial charge is 0.250 e. The van der Waals surface area contributed by atoms with Crippen molar-refractivity contribution in [2.45, 2.75) is 51.6 Å². The van der Waals surface area contributed by atoms with E-state index in [0.29, 0.717) is 17.8 Å². The second-order valence-corrected chi connectivity index (χ2v) is 8.86. The van der Waals surface area contributed by atoms with E-state index in [1.807, 2.05) is 10.6 Å². The molecule has 2 bridgehead atoms. The van der Waals surface area contributed by atoms with E-state index in [1.165, 1.54) is 12.8 Å². The minimum atomic E-state index is 0.116. The second kappa shape index (κ2) is 7.31. The zero-order chi connectivity index (χ0) is 20.0. The Morgan fingerprint density at radius 1 is 1.00 bits per heavy atom. The molecule has 8 heteroatoms. The summed E-state index contributed by atoms with van der Waals surface area (Å²) >= 11 is 0. The average Bonchev–Trinajstić information content (AvgIpc) is 3.23. The molecular weight excluding hydrogens is 366 g/mol. The van der Waals surface area contributed by atoms with Gasteiger partial charge in [0.2, 0.25) is 17.8 Å². The van der Waals surface area contributed by atoms with Crippen molar-refractivity contribution in [2.75, 3.05) is 41.3 Å². The van der Waals surface area contributed by atoms with Gasteiger partial charge in [-0.3, -0.25) is 4.79 Å². The summed E-state index contributed by atoms with van der Waals surface area (Å²) in [5.74, 6) is 2.97. The molecule has 2 aromatic rings. The summed E-state index contributed by atoms with van der Waals surface area (Å²) in [6.45, 7) is 8.70. The lowest BCUT2D eigenvalue weighted by Crippen LogP contribution is -2.47. The van der Waals surface area contributed by atoms with Gasteiger partial charge in [0.05, 0.1) is 0 Å². The molecule has 3 aliphatic heterocycles. The maximum atomic E-state index is 12.3. The van der Waals surface area contributed by atoms with E-state index in [9.17, 15) is 4.79 Å². The maximum absolute atomic E-state index is 12.3. The zero-order valence-electron chi connectivity index (χ0n) is 17.2. The van der Waals surface area contributed by atoms with Gasteiger partial charge in [-0.15, -0.1) is 0 Å². The number of hydrogen-bond donors (Lipinski definition) is 1. The van der Waals surface area contributed by atoms with Gasteiger partial charge in [-0.25, -0.2) is 0 Å². The first kappa shape index (κ1) is 18.4. The van der Waals surface area contributed by atoms with E-state index < -0.39 is 0 Å². The van der Waals surface area contributed by atoms with Crippen LogP contribution in [-0.4, -0.2) is 51.7 Å². The molecule has 0 aromatic carbocycles. The third kappa shape index (κ3) is 3.56. The molecule has 2 saturated heterocycles. The van der Waals surface area contributed by atoms with Gasteiger partial charge in [0.1, 0.15) is 0 Å². The number of piperidine rings is 1. The molecule has 8 nitrogen and oxygen atoms in total. The number of nitrogens with zero attached hydrogens (tertiary/aromatic N) is 6. The van der Waals surface area contributed by atoms with E-state index in [2.05, 4.69) is 35.0 Å². The summed E-state index contributed by atoms with van der Waals surface area (Å²) < 4.78 is 1.96. The van der Waals surface area contributed by atoms with Crippen LogP contribution in [0.3, 0.4) is 0 Å². The molecule has 2 atom stereocenters. The van der Waals surface area contributed by atoms with Crippen molar-refractivity contribution in [1.82, 2.24) is 19.5 Å². The quantitative estimate of drug-likeness (QED) is 0.849. The van der Waals surface area contributed by atoms with Crippen molar-refractivity contribution < 1.29 is 0 Å². The molecule has 0 saturated carbocycles. The molecule has 2 aromatic heterocycles. The third-order valence-electron chi connectivity index (χ3n) is 6.18. The highest BCUT2D eigenvalue weighted by Gasteiger charge is 2.36. The van der Waals surface area contributed by atoms with Crippen LogP contribution in [0, 0.1) is 5.92 Å². The summed E-state index contributed by atoms with van der Waals surface area (Å²) in [7, 11) is 0. The van der Waals surface area contributed by atoms with Gasteiger partial charge in [0, 0.05) is 56.4 Å². The monoisotopic (exact) mass is 395 g/mol. The Balaban J connectivity index is 1.47. The predicted molar refractivity (Wildman–Crippen MR) is 114 cm³/mol. The topological polar surface area (TPSA) is 79.2 Å². The van der Waals surface area contributed by atoms with E-state index >= 15 is 0 Å². The maximum Gasteiger partial charge on any atom is 0.250 e. The number of rotatable bonds is 4. The lowest BCUT2D eigenvalue weighted by atomic mass is 9.83. The van der Waals surface area contributed by atoms with Gasteiger partial charge >= 0.3 is 0 Å². The Labute approximate surface area is 171 Å². The number of nitrogens with one attached hydrogen (secondary N) is 1. The summed E-state index contributed by atoms with van der Waals surface area (Å²) in [5.41, 5.74) is 1.26. The highest BCUT2D eigenvalue weighted by Crippen LogP contribution is 2.36. The largest absolute Gasteiger partial charge is 0.352 e. The minimum absolute atomic E-state index is 0.116. The molecule has 3 aliphatic rings. The molecule has 154 valence electrons. The van der Waals surface area contributed by atoms with Crippen molar-refractivity contribution in [1.29, 1.82) is 0 Å². The number of fused-ring (bicyclic) bond motifs is 4. The van der Waals surface area contributed by atoms with Crippen LogP contribution in [0.15, 0.2) is 23.0 Å². The highest BCUT2D eigenvalue weighted by molar-refractivity contribution is 5.47. The summed E-state index contributed by atoms with van der Waals surface area (Å²) in [5, 5.41) is 3.36. The molecule has 0 amide bonds. The van der Waals surface area contributed by atoms with Crippen LogP contribution in [0.1, 0.15) is 44.7 Å². The molecule has 0 spiro atoms. The number of pyridine rings is 1.